The van der Waals surface area contributed by atoms with Gasteiger partial charge in [-0.1, -0.05) is 25.5 Å². The maximum Gasteiger partial charge on any atom is 0.289 e. The Morgan fingerprint density at radius 2 is 1.96 bits per heavy atom. The first-order valence-corrected chi connectivity index (χ1v) is 9.47. The lowest BCUT2D eigenvalue weighted by molar-refractivity contribution is -0.122. The molecular formula is C20H26FN3O3. The Bertz CT molecular complexity index is 825. The summed E-state index contributed by atoms with van der Waals surface area (Å²) < 4.78 is 19.5. The number of nitrogens with zero attached hydrogens (tertiary/aromatic N) is 2. The van der Waals surface area contributed by atoms with Crippen molar-refractivity contribution in [2.24, 2.45) is 0 Å². The number of carbonyl (C=O) groups is 2. The molecule has 27 heavy (non-hydrogen) atoms. The molecule has 1 aliphatic heterocycles. The molecule has 1 fully saturated rings. The van der Waals surface area contributed by atoms with Gasteiger partial charge in [0.2, 0.25) is 5.91 Å². The number of rotatable bonds is 6. The van der Waals surface area contributed by atoms with Gasteiger partial charge in [0.05, 0.1) is 6.54 Å². The van der Waals surface area contributed by atoms with E-state index in [1.807, 2.05) is 4.90 Å². The van der Waals surface area contributed by atoms with Crippen LogP contribution < -0.4 is 5.32 Å². The van der Waals surface area contributed by atoms with E-state index in [0.717, 1.165) is 12.8 Å². The molecule has 2 aromatic rings. The lowest BCUT2D eigenvalue weighted by Gasteiger charge is -2.33. The van der Waals surface area contributed by atoms with Crippen molar-refractivity contribution in [1.29, 1.82) is 0 Å². The number of aryl methyl sites for hydroxylation is 1. The lowest BCUT2D eigenvalue weighted by atomic mass is 10.1. The molecule has 2 heterocycles. The van der Waals surface area contributed by atoms with Gasteiger partial charge in [-0.3, -0.25) is 14.5 Å². The number of carbonyl (C=O) groups excluding carboxylic acids is 2. The molecule has 2 amide bonds. The highest BCUT2D eigenvalue weighted by Gasteiger charge is 2.27. The number of unbranched alkanes of at least 4 members (excludes halogenated alkanes) is 1. The van der Waals surface area contributed by atoms with E-state index >= 15 is 0 Å². The second-order valence-electron chi connectivity index (χ2n) is 6.94. The van der Waals surface area contributed by atoms with Gasteiger partial charge in [0, 0.05) is 43.7 Å². The van der Waals surface area contributed by atoms with Crippen molar-refractivity contribution in [3.05, 3.63) is 35.3 Å². The molecule has 1 N–H and O–H groups in total. The van der Waals surface area contributed by atoms with Crippen LogP contribution in [0.4, 0.5) is 4.39 Å². The van der Waals surface area contributed by atoms with Gasteiger partial charge in [0.25, 0.3) is 5.91 Å². The van der Waals surface area contributed by atoms with Crippen molar-refractivity contribution in [3.63, 3.8) is 0 Å². The van der Waals surface area contributed by atoms with Gasteiger partial charge in [-0.2, -0.15) is 0 Å². The highest BCUT2D eigenvalue weighted by atomic mass is 19.1. The zero-order chi connectivity index (χ0) is 19.4. The second-order valence-corrected chi connectivity index (χ2v) is 6.94. The lowest BCUT2D eigenvalue weighted by Crippen LogP contribution is -2.51. The fraction of sp³-hybridized carbons (Fsp3) is 0.500. The molecule has 146 valence electrons. The normalized spacial score (nSPS) is 15.3. The number of hydrogen-bond donors (Lipinski definition) is 1. The Balaban J connectivity index is 1.58. The summed E-state index contributed by atoms with van der Waals surface area (Å²) in [7, 11) is 0. The molecule has 0 radical (unpaired) electrons. The maximum atomic E-state index is 13.9. The zero-order valence-corrected chi connectivity index (χ0v) is 15.9. The first-order valence-electron chi connectivity index (χ1n) is 9.47. The minimum absolute atomic E-state index is 0.0202. The molecule has 0 spiro atoms. The second kappa shape index (κ2) is 8.52. The minimum Gasteiger partial charge on any atom is -0.448 e. The molecule has 0 saturated carbocycles. The summed E-state index contributed by atoms with van der Waals surface area (Å²) in [6.45, 7) is 7.19. The van der Waals surface area contributed by atoms with Crippen LogP contribution >= 0.6 is 0 Å². The maximum absolute atomic E-state index is 13.9. The summed E-state index contributed by atoms with van der Waals surface area (Å²) in [5.74, 6) is -0.476. The average molecular weight is 375 g/mol. The zero-order valence-electron chi connectivity index (χ0n) is 15.9. The Morgan fingerprint density at radius 3 is 2.63 bits per heavy atom. The first kappa shape index (κ1) is 19.4. The molecule has 6 nitrogen and oxygen atoms in total. The highest BCUT2D eigenvalue weighted by molar-refractivity contribution is 5.99. The van der Waals surface area contributed by atoms with E-state index in [1.165, 1.54) is 6.07 Å². The molecule has 0 aliphatic carbocycles. The van der Waals surface area contributed by atoms with Crippen molar-refractivity contribution in [3.8, 4) is 0 Å². The Labute approximate surface area is 158 Å². The number of halogens is 1. The van der Waals surface area contributed by atoms with Crippen LogP contribution in [0.1, 0.15) is 35.9 Å². The molecule has 1 aromatic heterocycles. The molecule has 3 rings (SSSR count). The summed E-state index contributed by atoms with van der Waals surface area (Å²) in [5, 5.41) is 3.53. The third-order valence-corrected chi connectivity index (χ3v) is 4.99. The number of benzene rings is 1. The first-order chi connectivity index (χ1) is 13.0. The van der Waals surface area contributed by atoms with Crippen LogP contribution in [0, 0.1) is 12.7 Å². The summed E-state index contributed by atoms with van der Waals surface area (Å²) in [5.41, 5.74) is 0.785. The minimum atomic E-state index is -0.464. The largest absolute Gasteiger partial charge is 0.448 e. The van der Waals surface area contributed by atoms with Gasteiger partial charge in [-0.05, 0) is 19.4 Å². The van der Waals surface area contributed by atoms with Crippen LogP contribution in [0.3, 0.4) is 0 Å². The van der Waals surface area contributed by atoms with Gasteiger partial charge >= 0.3 is 0 Å². The smallest absolute Gasteiger partial charge is 0.289 e. The van der Waals surface area contributed by atoms with Gasteiger partial charge in [-0.15, -0.1) is 0 Å². The molecule has 0 unspecified atom stereocenters. The van der Waals surface area contributed by atoms with Crippen LogP contribution in [-0.2, 0) is 4.79 Å². The van der Waals surface area contributed by atoms with Gasteiger partial charge < -0.3 is 14.6 Å². The third kappa shape index (κ3) is 4.30. The average Bonchev–Trinajstić information content (AvgIpc) is 3.00. The van der Waals surface area contributed by atoms with Crippen LogP contribution in [-0.4, -0.2) is 60.9 Å². The fourth-order valence-electron chi connectivity index (χ4n) is 3.33. The summed E-state index contributed by atoms with van der Waals surface area (Å²) in [6.07, 6.45) is 2.03. The standard InChI is InChI=1S/C20H26FN3O3/c1-3-4-8-22-17(25)13-23-9-11-24(12-10-23)20(26)18-14(2)15-6-5-7-16(21)19(15)27-18/h5-7H,3-4,8-13H2,1-2H3,(H,22,25). The monoisotopic (exact) mass is 375 g/mol. The van der Waals surface area contributed by atoms with E-state index in [4.69, 9.17) is 4.42 Å². The summed E-state index contributed by atoms with van der Waals surface area (Å²) in [6, 6.07) is 4.69. The van der Waals surface area contributed by atoms with Crippen molar-refractivity contribution >= 4 is 22.8 Å². The number of amides is 2. The topological polar surface area (TPSA) is 65.8 Å². The van der Waals surface area contributed by atoms with Crippen LogP contribution in [0.5, 0.6) is 0 Å². The molecular weight excluding hydrogens is 349 g/mol. The molecule has 0 atom stereocenters. The Hall–Kier alpha value is -2.41. The third-order valence-electron chi connectivity index (χ3n) is 4.99. The fourth-order valence-corrected chi connectivity index (χ4v) is 3.33. The quantitative estimate of drug-likeness (QED) is 0.788. The Kier molecular flexibility index (Phi) is 6.11. The van der Waals surface area contributed by atoms with E-state index < -0.39 is 5.82 Å². The van der Waals surface area contributed by atoms with Gasteiger partial charge in [-0.25, -0.2) is 4.39 Å². The summed E-state index contributed by atoms with van der Waals surface area (Å²) in [4.78, 5) is 28.5. The highest BCUT2D eigenvalue weighted by Crippen LogP contribution is 2.28. The Morgan fingerprint density at radius 1 is 1.22 bits per heavy atom. The van der Waals surface area contributed by atoms with Crippen molar-refractivity contribution < 1.29 is 18.4 Å². The van der Waals surface area contributed by atoms with Gasteiger partial charge in [0.15, 0.2) is 17.2 Å². The van der Waals surface area contributed by atoms with E-state index in [2.05, 4.69) is 12.2 Å². The number of piperazine rings is 1. The van der Waals surface area contributed by atoms with Crippen molar-refractivity contribution in [2.45, 2.75) is 26.7 Å². The van der Waals surface area contributed by atoms with Crippen LogP contribution in [0.15, 0.2) is 22.6 Å². The van der Waals surface area contributed by atoms with E-state index in [9.17, 15) is 14.0 Å². The van der Waals surface area contributed by atoms with Crippen molar-refractivity contribution in [2.75, 3.05) is 39.3 Å². The summed E-state index contributed by atoms with van der Waals surface area (Å²) >= 11 is 0. The number of para-hydroxylation sites is 1. The van der Waals surface area contributed by atoms with Gasteiger partial charge in [0.1, 0.15) is 0 Å². The predicted molar refractivity (Wildman–Crippen MR) is 101 cm³/mol. The van der Waals surface area contributed by atoms with E-state index in [1.54, 1.807) is 24.0 Å². The molecule has 1 aliphatic rings. The van der Waals surface area contributed by atoms with Crippen LogP contribution in [0.25, 0.3) is 11.0 Å². The van der Waals surface area contributed by atoms with Crippen molar-refractivity contribution in [1.82, 2.24) is 15.1 Å². The number of furan rings is 1. The predicted octanol–water partition coefficient (Wildman–Crippen LogP) is 2.55. The number of nitrogens with one attached hydrogen (secondary N) is 1. The number of hydrogen-bond acceptors (Lipinski definition) is 4. The molecule has 0 bridgehead atoms. The van der Waals surface area contributed by atoms with Crippen LogP contribution in [0.2, 0.25) is 0 Å². The van der Waals surface area contributed by atoms with E-state index in [0.29, 0.717) is 50.2 Å². The molecule has 1 aromatic carbocycles. The number of fused-ring (bicyclic) bond motifs is 1. The molecule has 7 heteroatoms. The SMILES string of the molecule is CCCCNC(=O)CN1CCN(C(=O)c2oc3c(F)cccc3c2C)CC1. The van der Waals surface area contributed by atoms with E-state index in [-0.39, 0.29) is 23.2 Å². The molecule has 1 saturated heterocycles.